The zero-order valence-electron chi connectivity index (χ0n) is 17.1. The van der Waals surface area contributed by atoms with Crippen LogP contribution in [0.2, 0.25) is 0 Å². The third-order valence-corrected chi connectivity index (χ3v) is 4.66. The van der Waals surface area contributed by atoms with Crippen molar-refractivity contribution in [3.8, 4) is 5.75 Å². The lowest BCUT2D eigenvalue weighted by molar-refractivity contribution is -0.148. The van der Waals surface area contributed by atoms with Gasteiger partial charge in [-0.3, -0.25) is 4.79 Å². The van der Waals surface area contributed by atoms with Crippen LogP contribution in [0.3, 0.4) is 0 Å². The van der Waals surface area contributed by atoms with Gasteiger partial charge in [-0.2, -0.15) is 0 Å². The molecule has 1 amide bonds. The van der Waals surface area contributed by atoms with Gasteiger partial charge in [-0.25, -0.2) is 4.79 Å². The monoisotopic (exact) mass is 394 g/mol. The molecule has 3 rings (SSSR count). The number of carbonyl (C=O) groups excluding carboxylic acids is 2. The van der Waals surface area contributed by atoms with Crippen LogP contribution in [0.25, 0.3) is 6.08 Å². The van der Waals surface area contributed by atoms with E-state index in [4.69, 9.17) is 9.47 Å². The first-order valence-corrected chi connectivity index (χ1v) is 9.48. The van der Waals surface area contributed by atoms with E-state index in [-0.39, 0.29) is 11.3 Å². The molecule has 0 aliphatic carbocycles. The number of carbonyl (C=O) groups is 2. The minimum absolute atomic E-state index is 0.0979. The molecule has 2 N–H and O–H groups in total. The highest BCUT2D eigenvalue weighted by atomic mass is 16.6. The number of anilines is 2. The second-order valence-electron chi connectivity index (χ2n) is 7.92. The molecular formula is C23H26N2O4. The van der Waals surface area contributed by atoms with E-state index in [0.717, 1.165) is 5.56 Å². The topological polar surface area (TPSA) is 76.7 Å². The van der Waals surface area contributed by atoms with Gasteiger partial charge in [-0.15, -0.1) is 0 Å². The summed E-state index contributed by atoms with van der Waals surface area (Å²) in [4.78, 5) is 23.8. The van der Waals surface area contributed by atoms with Gasteiger partial charge >= 0.3 is 5.97 Å². The van der Waals surface area contributed by atoms with Crippen LogP contribution in [0.15, 0.2) is 48.5 Å². The lowest BCUT2D eigenvalue weighted by atomic mass is 9.87. The van der Waals surface area contributed by atoms with Crippen molar-refractivity contribution < 1.29 is 19.1 Å². The molecule has 6 nitrogen and oxygen atoms in total. The summed E-state index contributed by atoms with van der Waals surface area (Å²) in [6, 6.07) is 13.4. The Balaban J connectivity index is 1.61. The largest absolute Gasteiger partial charge is 0.475 e. The van der Waals surface area contributed by atoms with Gasteiger partial charge in [-0.1, -0.05) is 45.0 Å². The number of hydrogen-bond acceptors (Lipinski definition) is 5. The number of esters is 1. The minimum Gasteiger partial charge on any atom is -0.475 e. The fourth-order valence-electron chi connectivity index (χ4n) is 2.96. The molecule has 0 saturated carbocycles. The Morgan fingerprint density at radius 2 is 1.90 bits per heavy atom. The molecule has 0 radical (unpaired) electrons. The molecule has 1 aliphatic rings. The van der Waals surface area contributed by atoms with E-state index in [1.54, 1.807) is 24.3 Å². The summed E-state index contributed by atoms with van der Waals surface area (Å²) in [5, 5.41) is 5.95. The molecule has 1 heterocycles. The molecule has 2 aromatic rings. The van der Waals surface area contributed by atoms with Crippen molar-refractivity contribution in [2.75, 3.05) is 24.3 Å². The van der Waals surface area contributed by atoms with Crippen LogP contribution in [0.4, 0.5) is 11.4 Å². The smallest absolute Gasteiger partial charge is 0.348 e. The van der Waals surface area contributed by atoms with Crippen LogP contribution < -0.4 is 15.4 Å². The average molecular weight is 394 g/mol. The van der Waals surface area contributed by atoms with Crippen LogP contribution in [0, 0.1) is 0 Å². The normalized spacial score (nSPS) is 15.8. The van der Waals surface area contributed by atoms with Gasteiger partial charge in [0.2, 0.25) is 12.0 Å². The van der Waals surface area contributed by atoms with E-state index >= 15 is 0 Å². The summed E-state index contributed by atoms with van der Waals surface area (Å²) < 4.78 is 10.3. The number of fused-ring (bicyclic) bond motifs is 1. The molecule has 1 atom stereocenters. The lowest BCUT2D eigenvalue weighted by Crippen LogP contribution is -2.38. The minimum atomic E-state index is -0.680. The highest BCUT2D eigenvalue weighted by Gasteiger charge is 2.26. The Morgan fingerprint density at radius 1 is 1.17 bits per heavy atom. The Bertz CT molecular complexity index is 927. The summed E-state index contributed by atoms with van der Waals surface area (Å²) in [7, 11) is 1.33. The van der Waals surface area contributed by atoms with Gasteiger partial charge in [0.15, 0.2) is 0 Å². The van der Waals surface area contributed by atoms with Gasteiger partial charge in [0.05, 0.1) is 19.3 Å². The third kappa shape index (κ3) is 5.16. The second-order valence-corrected chi connectivity index (χ2v) is 7.92. The molecule has 0 aromatic heterocycles. The molecule has 29 heavy (non-hydrogen) atoms. The van der Waals surface area contributed by atoms with Crippen LogP contribution in [-0.4, -0.2) is 31.6 Å². The number of nitrogens with one attached hydrogen (secondary N) is 2. The van der Waals surface area contributed by atoms with E-state index < -0.39 is 12.1 Å². The third-order valence-electron chi connectivity index (χ3n) is 4.66. The first kappa shape index (κ1) is 20.5. The quantitative estimate of drug-likeness (QED) is 0.606. The van der Waals surface area contributed by atoms with Crippen molar-refractivity contribution in [3.63, 3.8) is 0 Å². The maximum Gasteiger partial charge on any atom is 0.348 e. The first-order valence-electron chi connectivity index (χ1n) is 9.48. The van der Waals surface area contributed by atoms with Crippen molar-refractivity contribution in [3.05, 3.63) is 59.7 Å². The Kier molecular flexibility index (Phi) is 5.92. The van der Waals surface area contributed by atoms with Crippen LogP contribution in [-0.2, 0) is 19.7 Å². The zero-order valence-corrected chi connectivity index (χ0v) is 17.1. The number of benzene rings is 2. The molecule has 152 valence electrons. The van der Waals surface area contributed by atoms with E-state index in [9.17, 15) is 9.59 Å². The van der Waals surface area contributed by atoms with Crippen LogP contribution in [0.1, 0.15) is 31.9 Å². The van der Waals surface area contributed by atoms with Crippen molar-refractivity contribution in [2.24, 2.45) is 0 Å². The van der Waals surface area contributed by atoms with Crippen molar-refractivity contribution >= 4 is 29.3 Å². The average Bonchev–Trinajstić information content (AvgIpc) is 2.71. The summed E-state index contributed by atoms with van der Waals surface area (Å²) in [5.41, 5.74) is 3.65. The number of ether oxygens (including phenoxy) is 2. The van der Waals surface area contributed by atoms with Gasteiger partial charge < -0.3 is 20.1 Å². The standard InChI is InChI=1S/C23H26N2O4/c1-23(2,3)16-8-5-15(6-9-16)7-12-21(26)25-17-10-11-19-18(13-17)24-14-20(29-19)22(27)28-4/h5-13,20,24H,14H2,1-4H3,(H,25,26)/b12-7+. The van der Waals surface area contributed by atoms with Gasteiger partial charge in [0.25, 0.3) is 0 Å². The van der Waals surface area contributed by atoms with Crippen LogP contribution in [0.5, 0.6) is 5.75 Å². The maximum absolute atomic E-state index is 12.2. The lowest BCUT2D eigenvalue weighted by Gasteiger charge is -2.25. The Hall–Kier alpha value is -3.28. The fourth-order valence-corrected chi connectivity index (χ4v) is 2.96. The summed E-state index contributed by atoms with van der Waals surface area (Å²) >= 11 is 0. The Labute approximate surface area is 170 Å². The molecule has 1 unspecified atom stereocenters. The molecule has 6 heteroatoms. The molecule has 0 spiro atoms. The SMILES string of the molecule is COC(=O)C1CNc2cc(NC(=O)/C=C/c3ccc(C(C)(C)C)cc3)ccc2O1. The highest BCUT2D eigenvalue weighted by Crippen LogP contribution is 2.32. The van der Waals surface area contributed by atoms with Crippen molar-refractivity contribution in [2.45, 2.75) is 32.3 Å². The molecule has 1 aliphatic heterocycles. The van der Waals surface area contributed by atoms with Gasteiger partial charge in [0.1, 0.15) is 5.75 Å². The molecule has 0 bridgehead atoms. The molecule has 0 fully saturated rings. The molecule has 0 saturated heterocycles. The van der Waals surface area contributed by atoms with E-state index in [0.29, 0.717) is 23.7 Å². The molecular weight excluding hydrogens is 368 g/mol. The number of hydrogen-bond donors (Lipinski definition) is 2. The number of amides is 1. The van der Waals surface area contributed by atoms with E-state index in [1.165, 1.54) is 18.7 Å². The number of rotatable bonds is 4. The summed E-state index contributed by atoms with van der Waals surface area (Å²) in [5.74, 6) is -0.116. The van der Waals surface area contributed by atoms with Crippen LogP contribution >= 0.6 is 0 Å². The van der Waals surface area contributed by atoms with Gasteiger partial charge in [-0.05, 0) is 40.8 Å². The first-order chi connectivity index (χ1) is 13.8. The molecule has 2 aromatic carbocycles. The maximum atomic E-state index is 12.2. The van der Waals surface area contributed by atoms with Crippen molar-refractivity contribution in [1.82, 2.24) is 0 Å². The van der Waals surface area contributed by atoms with E-state index in [2.05, 4.69) is 43.5 Å². The predicted molar refractivity (Wildman–Crippen MR) is 114 cm³/mol. The highest BCUT2D eigenvalue weighted by molar-refractivity contribution is 6.02. The van der Waals surface area contributed by atoms with Crippen molar-refractivity contribution in [1.29, 1.82) is 0 Å². The zero-order chi connectivity index (χ0) is 21.0. The summed E-state index contributed by atoms with van der Waals surface area (Å²) in [6.45, 7) is 6.81. The fraction of sp³-hybridized carbons (Fsp3) is 0.304. The predicted octanol–water partition coefficient (Wildman–Crippen LogP) is 3.98. The van der Waals surface area contributed by atoms with E-state index in [1.807, 2.05) is 12.1 Å². The second kappa shape index (κ2) is 8.39. The summed E-state index contributed by atoms with van der Waals surface area (Å²) in [6.07, 6.45) is 2.60. The van der Waals surface area contributed by atoms with Gasteiger partial charge in [0, 0.05) is 11.8 Å². The number of methoxy groups -OCH3 is 1. The Morgan fingerprint density at radius 3 is 2.55 bits per heavy atom.